The molecule has 0 spiro atoms. The third-order valence-corrected chi connectivity index (χ3v) is 5.96. The zero-order valence-corrected chi connectivity index (χ0v) is 11.4. The van der Waals surface area contributed by atoms with Crippen LogP contribution < -0.4 is 0 Å². The third-order valence-electron chi connectivity index (χ3n) is 5.96. The van der Waals surface area contributed by atoms with Gasteiger partial charge in [0.1, 0.15) is 0 Å². The Bertz CT molecular complexity index is 265. The van der Waals surface area contributed by atoms with Gasteiger partial charge in [-0.15, -0.1) is 0 Å². The van der Waals surface area contributed by atoms with Crippen LogP contribution in [0.3, 0.4) is 0 Å². The van der Waals surface area contributed by atoms with E-state index in [1.165, 1.54) is 47.7 Å². The van der Waals surface area contributed by atoms with Gasteiger partial charge in [0.25, 0.3) is 0 Å². The van der Waals surface area contributed by atoms with E-state index < -0.39 is 0 Å². The predicted molar refractivity (Wildman–Crippen MR) is 67.0 cm³/mol. The molecule has 0 aromatic heterocycles. The van der Waals surface area contributed by atoms with Gasteiger partial charge < -0.3 is 8.97 Å². The molecule has 5 aliphatic heterocycles. The van der Waals surface area contributed by atoms with Crippen LogP contribution in [0.5, 0.6) is 0 Å². The molecule has 0 radical (unpaired) electrons. The first-order valence-electron chi connectivity index (χ1n) is 7.05. The molecule has 5 saturated heterocycles. The highest BCUT2D eigenvalue weighted by Crippen LogP contribution is 2.45. The van der Waals surface area contributed by atoms with Crippen molar-refractivity contribution in [2.45, 2.75) is 37.8 Å². The molecule has 2 heteroatoms. The van der Waals surface area contributed by atoms with E-state index in [9.17, 15) is 0 Å². The Morgan fingerprint density at radius 1 is 0.625 bits per heavy atom. The van der Waals surface area contributed by atoms with Crippen LogP contribution in [0.4, 0.5) is 0 Å². The minimum atomic E-state index is 0.954. The van der Waals surface area contributed by atoms with Crippen molar-refractivity contribution in [3.05, 3.63) is 0 Å². The van der Waals surface area contributed by atoms with Crippen molar-refractivity contribution in [1.29, 1.82) is 0 Å². The van der Waals surface area contributed by atoms with E-state index in [0.29, 0.717) is 0 Å². The fourth-order valence-corrected chi connectivity index (χ4v) is 5.37. The van der Waals surface area contributed by atoms with Crippen molar-refractivity contribution >= 4 is 0 Å². The van der Waals surface area contributed by atoms with Crippen LogP contribution in [0.2, 0.25) is 0 Å². The molecule has 1 saturated carbocycles. The Balaban J connectivity index is 1.99. The van der Waals surface area contributed by atoms with Gasteiger partial charge in [-0.3, -0.25) is 0 Å². The summed E-state index contributed by atoms with van der Waals surface area (Å²) in [6, 6.07) is 1.91. The number of hydrogen-bond donors (Lipinski definition) is 0. The van der Waals surface area contributed by atoms with E-state index in [2.05, 4.69) is 28.2 Å². The smallest absolute Gasteiger partial charge is 0.0969 e. The fourth-order valence-electron chi connectivity index (χ4n) is 5.37. The van der Waals surface area contributed by atoms with Crippen LogP contribution in [-0.4, -0.2) is 62.3 Å². The number of piperidine rings is 2. The van der Waals surface area contributed by atoms with Crippen molar-refractivity contribution < 1.29 is 8.97 Å². The first-order chi connectivity index (χ1) is 7.40. The Labute approximate surface area is 100 Å². The molecule has 4 bridgehead atoms. The van der Waals surface area contributed by atoms with Gasteiger partial charge >= 0.3 is 0 Å². The zero-order chi connectivity index (χ0) is 11.6. The van der Waals surface area contributed by atoms with Gasteiger partial charge in [-0.05, 0) is 12.8 Å². The lowest BCUT2D eigenvalue weighted by molar-refractivity contribution is -0.977. The van der Waals surface area contributed by atoms with Gasteiger partial charge in [0.2, 0.25) is 0 Å². The standard InChI is InChI=1S/C14H28N2/c1-15(2)9-11-5-7-13(15)12-6-8-14(11)16(3,4)10-12/h11-14H,5-10H2,1-4H3/q+2. The summed E-state index contributed by atoms with van der Waals surface area (Å²) in [6.45, 7) is 2.88. The molecule has 1 aliphatic carbocycles. The Hall–Kier alpha value is -0.0800. The Kier molecular flexibility index (Phi) is 2.23. The molecule has 5 heterocycles. The summed E-state index contributed by atoms with van der Waals surface area (Å²) in [4.78, 5) is 0. The molecule has 6 rings (SSSR count). The normalized spacial score (nSPS) is 48.8. The highest BCUT2D eigenvalue weighted by molar-refractivity contribution is 4.89. The maximum Gasteiger partial charge on any atom is 0.0969 e. The maximum atomic E-state index is 2.48. The van der Waals surface area contributed by atoms with E-state index in [1.54, 1.807) is 0 Å². The van der Waals surface area contributed by atoms with Gasteiger partial charge in [0.15, 0.2) is 0 Å². The quantitative estimate of drug-likeness (QED) is 0.550. The van der Waals surface area contributed by atoms with Gasteiger partial charge in [0.05, 0.1) is 65.2 Å². The van der Waals surface area contributed by atoms with Gasteiger partial charge in [-0.25, -0.2) is 0 Å². The highest BCUT2D eigenvalue weighted by Gasteiger charge is 2.55. The van der Waals surface area contributed by atoms with Crippen molar-refractivity contribution in [3.8, 4) is 0 Å². The average Bonchev–Trinajstić information content (AvgIpc) is 2.10. The van der Waals surface area contributed by atoms with E-state index in [0.717, 1.165) is 23.9 Å². The summed E-state index contributed by atoms with van der Waals surface area (Å²) in [5, 5.41) is 0. The molecule has 4 unspecified atom stereocenters. The topological polar surface area (TPSA) is 0 Å². The van der Waals surface area contributed by atoms with Gasteiger partial charge in [-0.1, -0.05) is 0 Å². The molecule has 6 fully saturated rings. The summed E-state index contributed by atoms with van der Waals surface area (Å²) >= 11 is 0. The molecule has 0 aromatic carbocycles. The molecule has 16 heavy (non-hydrogen) atoms. The second-order valence-corrected chi connectivity index (χ2v) is 7.73. The van der Waals surface area contributed by atoms with E-state index in [-0.39, 0.29) is 0 Å². The molecule has 0 aromatic rings. The summed E-state index contributed by atoms with van der Waals surface area (Å²) in [7, 11) is 9.93. The molecule has 4 atom stereocenters. The molecule has 0 N–H and O–H groups in total. The summed E-state index contributed by atoms with van der Waals surface area (Å²) < 4.78 is 2.62. The summed E-state index contributed by atoms with van der Waals surface area (Å²) in [6.07, 6.45) is 6.02. The Morgan fingerprint density at radius 3 is 1.31 bits per heavy atom. The second-order valence-electron chi connectivity index (χ2n) is 7.73. The Morgan fingerprint density at radius 2 is 1.00 bits per heavy atom. The first kappa shape index (κ1) is 11.0. The zero-order valence-electron chi connectivity index (χ0n) is 11.4. The van der Waals surface area contributed by atoms with E-state index in [4.69, 9.17) is 0 Å². The SMILES string of the molecule is C[N+]1(C)CC2CCC1C1CCC2[N+](C)(C)C1. The van der Waals surface area contributed by atoms with Crippen LogP contribution in [0.15, 0.2) is 0 Å². The molecule has 92 valence electrons. The average molecular weight is 224 g/mol. The summed E-state index contributed by atoms with van der Waals surface area (Å²) in [5.74, 6) is 1.98. The molecule has 6 aliphatic rings. The van der Waals surface area contributed by atoms with Crippen LogP contribution in [0, 0.1) is 11.8 Å². The monoisotopic (exact) mass is 224 g/mol. The van der Waals surface area contributed by atoms with Crippen molar-refractivity contribution in [2.75, 3.05) is 41.3 Å². The minimum absolute atomic E-state index is 0.954. The molecule has 0 amide bonds. The van der Waals surface area contributed by atoms with Crippen LogP contribution in [0.25, 0.3) is 0 Å². The molecular weight excluding hydrogens is 196 g/mol. The number of nitrogens with zero attached hydrogens (tertiary/aromatic N) is 2. The third kappa shape index (κ3) is 1.46. The van der Waals surface area contributed by atoms with Crippen LogP contribution >= 0.6 is 0 Å². The van der Waals surface area contributed by atoms with Crippen LogP contribution in [0.1, 0.15) is 25.7 Å². The highest BCUT2D eigenvalue weighted by atomic mass is 15.4. The molecular formula is C14H28N2+2. The fraction of sp³-hybridized carbons (Fsp3) is 1.00. The lowest BCUT2D eigenvalue weighted by atomic mass is 9.70. The van der Waals surface area contributed by atoms with Gasteiger partial charge in [0, 0.05) is 12.8 Å². The van der Waals surface area contributed by atoms with Crippen molar-refractivity contribution in [1.82, 2.24) is 0 Å². The van der Waals surface area contributed by atoms with E-state index in [1.807, 2.05) is 0 Å². The van der Waals surface area contributed by atoms with Crippen LogP contribution in [-0.2, 0) is 0 Å². The lowest BCUT2D eigenvalue weighted by Gasteiger charge is -2.59. The summed E-state index contributed by atoms with van der Waals surface area (Å²) in [5.41, 5.74) is 0. The van der Waals surface area contributed by atoms with Gasteiger partial charge in [-0.2, -0.15) is 0 Å². The first-order valence-corrected chi connectivity index (χ1v) is 7.05. The largest absolute Gasteiger partial charge is 0.325 e. The van der Waals surface area contributed by atoms with Crippen molar-refractivity contribution in [2.24, 2.45) is 11.8 Å². The minimum Gasteiger partial charge on any atom is -0.325 e. The number of hydrogen-bond acceptors (Lipinski definition) is 0. The van der Waals surface area contributed by atoms with Crippen molar-refractivity contribution in [3.63, 3.8) is 0 Å². The number of quaternary nitrogens is 2. The molecule has 2 nitrogen and oxygen atoms in total. The lowest BCUT2D eigenvalue weighted by Crippen LogP contribution is -2.70. The second kappa shape index (κ2) is 3.23. The predicted octanol–water partition coefficient (Wildman–Crippen LogP) is 1.71. The number of rotatable bonds is 0. The maximum absolute atomic E-state index is 2.48. The van der Waals surface area contributed by atoms with E-state index >= 15 is 0 Å².